The molecule has 6 nitrogen and oxygen atoms in total. The van der Waals surface area contributed by atoms with E-state index in [1.54, 1.807) is 35.2 Å². The first-order chi connectivity index (χ1) is 13.8. The van der Waals surface area contributed by atoms with Crippen molar-refractivity contribution in [3.8, 4) is 0 Å². The minimum absolute atomic E-state index is 0.0895. The van der Waals surface area contributed by atoms with Crippen molar-refractivity contribution in [2.45, 2.75) is 45.1 Å². The molecule has 156 valence electrons. The molecular formula is C22H29N3O3S. The Morgan fingerprint density at radius 3 is 2.31 bits per heavy atom. The first-order valence-electron chi connectivity index (χ1n) is 10.1. The minimum atomic E-state index is -3.70. The van der Waals surface area contributed by atoms with Crippen LogP contribution in [0, 0.1) is 6.92 Å². The van der Waals surface area contributed by atoms with Gasteiger partial charge in [-0.15, -0.1) is 0 Å². The molecule has 3 rings (SSSR count). The number of nitrogens with one attached hydrogen (secondary N) is 1. The SMILES string of the molecule is CCN(CC)Cc1ccc(NS(=O)(=O)c2ccc(N3CCCC3=O)c(C)c2)cc1. The molecule has 0 spiro atoms. The van der Waals surface area contributed by atoms with Crippen LogP contribution < -0.4 is 9.62 Å². The molecule has 2 aromatic rings. The van der Waals surface area contributed by atoms with E-state index in [0.717, 1.165) is 42.9 Å². The Balaban J connectivity index is 1.74. The van der Waals surface area contributed by atoms with Crippen LogP contribution in [-0.4, -0.2) is 38.9 Å². The number of carbonyl (C=O) groups excluding carboxylic acids is 1. The molecule has 0 saturated carbocycles. The summed E-state index contributed by atoms with van der Waals surface area (Å²) in [6.45, 7) is 9.56. The molecule has 0 bridgehead atoms. The van der Waals surface area contributed by atoms with Crippen LogP contribution in [0.1, 0.15) is 37.8 Å². The number of hydrogen-bond acceptors (Lipinski definition) is 4. The summed E-state index contributed by atoms with van der Waals surface area (Å²) >= 11 is 0. The van der Waals surface area contributed by atoms with Gasteiger partial charge in [0.05, 0.1) is 4.90 Å². The van der Waals surface area contributed by atoms with E-state index in [1.165, 1.54) is 0 Å². The average molecular weight is 416 g/mol. The molecule has 0 aliphatic carbocycles. The monoisotopic (exact) mass is 415 g/mol. The van der Waals surface area contributed by atoms with Crippen LogP contribution in [0.25, 0.3) is 0 Å². The van der Waals surface area contributed by atoms with Gasteiger partial charge in [0.2, 0.25) is 5.91 Å². The number of anilines is 2. The number of nitrogens with zero attached hydrogens (tertiary/aromatic N) is 2. The van der Waals surface area contributed by atoms with Gasteiger partial charge < -0.3 is 4.90 Å². The van der Waals surface area contributed by atoms with Crippen molar-refractivity contribution in [2.75, 3.05) is 29.3 Å². The molecule has 1 N–H and O–H groups in total. The van der Waals surface area contributed by atoms with Gasteiger partial charge in [-0.1, -0.05) is 26.0 Å². The van der Waals surface area contributed by atoms with E-state index >= 15 is 0 Å². The predicted molar refractivity (Wildman–Crippen MR) is 117 cm³/mol. The normalized spacial score (nSPS) is 14.6. The second-order valence-electron chi connectivity index (χ2n) is 7.36. The Labute approximate surface area is 173 Å². The van der Waals surface area contributed by atoms with Crippen LogP contribution in [0.2, 0.25) is 0 Å². The Hall–Kier alpha value is -2.38. The summed E-state index contributed by atoms with van der Waals surface area (Å²) in [6, 6.07) is 12.4. The highest BCUT2D eigenvalue weighted by Gasteiger charge is 2.24. The molecular weight excluding hydrogens is 386 g/mol. The summed E-state index contributed by atoms with van der Waals surface area (Å²) in [6.07, 6.45) is 1.38. The summed E-state index contributed by atoms with van der Waals surface area (Å²) in [4.78, 5) is 16.2. The Bertz CT molecular complexity index is 967. The largest absolute Gasteiger partial charge is 0.312 e. The van der Waals surface area contributed by atoms with Crippen molar-refractivity contribution in [3.63, 3.8) is 0 Å². The molecule has 1 fully saturated rings. The highest BCUT2D eigenvalue weighted by Crippen LogP contribution is 2.28. The third-order valence-electron chi connectivity index (χ3n) is 5.35. The molecule has 0 aromatic heterocycles. The van der Waals surface area contributed by atoms with Crippen molar-refractivity contribution in [1.29, 1.82) is 0 Å². The summed E-state index contributed by atoms with van der Waals surface area (Å²) in [7, 11) is -3.70. The fourth-order valence-electron chi connectivity index (χ4n) is 3.60. The minimum Gasteiger partial charge on any atom is -0.312 e. The highest BCUT2D eigenvalue weighted by molar-refractivity contribution is 7.92. The van der Waals surface area contributed by atoms with Gasteiger partial charge in [-0.2, -0.15) is 0 Å². The molecule has 1 aliphatic rings. The number of amides is 1. The lowest BCUT2D eigenvalue weighted by atomic mass is 10.2. The number of carbonyl (C=O) groups is 1. The van der Waals surface area contributed by atoms with Crippen LogP contribution in [0.15, 0.2) is 47.4 Å². The standard InChI is InChI=1S/C22H29N3O3S/c1-4-24(5-2)16-18-8-10-19(11-9-18)23-29(27,28)20-12-13-21(17(3)15-20)25-14-6-7-22(25)26/h8-13,15,23H,4-7,14,16H2,1-3H3. The molecule has 1 amide bonds. The zero-order chi connectivity index (χ0) is 21.0. The maximum atomic E-state index is 12.8. The third kappa shape index (κ3) is 4.97. The topological polar surface area (TPSA) is 69.7 Å². The zero-order valence-corrected chi connectivity index (χ0v) is 18.1. The average Bonchev–Trinajstić information content (AvgIpc) is 3.12. The van der Waals surface area contributed by atoms with Crippen molar-refractivity contribution < 1.29 is 13.2 Å². The fourth-order valence-corrected chi connectivity index (χ4v) is 4.74. The van der Waals surface area contributed by atoms with Crippen LogP contribution in [0.4, 0.5) is 11.4 Å². The maximum Gasteiger partial charge on any atom is 0.261 e. The maximum absolute atomic E-state index is 12.8. The van der Waals surface area contributed by atoms with E-state index < -0.39 is 10.0 Å². The molecule has 1 heterocycles. The van der Waals surface area contributed by atoms with Crippen molar-refractivity contribution in [1.82, 2.24) is 4.90 Å². The van der Waals surface area contributed by atoms with Gasteiger partial charge in [0, 0.05) is 30.9 Å². The van der Waals surface area contributed by atoms with Crippen molar-refractivity contribution in [3.05, 3.63) is 53.6 Å². The van der Waals surface area contributed by atoms with Crippen molar-refractivity contribution in [2.24, 2.45) is 0 Å². The van der Waals surface area contributed by atoms with Gasteiger partial charge in [0.25, 0.3) is 10.0 Å². The smallest absolute Gasteiger partial charge is 0.261 e. The Morgan fingerprint density at radius 2 is 1.76 bits per heavy atom. The fraction of sp³-hybridized carbons (Fsp3) is 0.409. The van der Waals surface area contributed by atoms with Crippen LogP contribution in [-0.2, 0) is 21.4 Å². The van der Waals surface area contributed by atoms with Crippen molar-refractivity contribution >= 4 is 27.3 Å². The lowest BCUT2D eigenvalue weighted by molar-refractivity contribution is -0.117. The van der Waals surface area contributed by atoms with Gasteiger partial charge in [0.1, 0.15) is 0 Å². The summed E-state index contributed by atoms with van der Waals surface area (Å²) in [5.74, 6) is 0.0895. The lowest BCUT2D eigenvalue weighted by Crippen LogP contribution is -2.24. The Kier molecular flexibility index (Phi) is 6.59. The number of aryl methyl sites for hydroxylation is 1. The van der Waals surface area contributed by atoms with Gasteiger partial charge >= 0.3 is 0 Å². The summed E-state index contributed by atoms with van der Waals surface area (Å²) < 4.78 is 28.3. The summed E-state index contributed by atoms with van der Waals surface area (Å²) in [5, 5.41) is 0. The molecule has 0 unspecified atom stereocenters. The highest BCUT2D eigenvalue weighted by atomic mass is 32.2. The van der Waals surface area contributed by atoms with E-state index in [4.69, 9.17) is 0 Å². The molecule has 7 heteroatoms. The van der Waals surface area contributed by atoms with Gasteiger partial charge in [-0.3, -0.25) is 14.4 Å². The summed E-state index contributed by atoms with van der Waals surface area (Å²) in [5.41, 5.74) is 3.24. The van der Waals surface area contributed by atoms with Crippen LogP contribution >= 0.6 is 0 Å². The van der Waals surface area contributed by atoms with E-state index in [9.17, 15) is 13.2 Å². The van der Waals surface area contributed by atoms with Gasteiger partial charge in [0.15, 0.2) is 0 Å². The first-order valence-corrected chi connectivity index (χ1v) is 11.6. The molecule has 1 saturated heterocycles. The first kappa shape index (κ1) is 21.3. The quantitative estimate of drug-likeness (QED) is 0.713. The lowest BCUT2D eigenvalue weighted by Gasteiger charge is -2.19. The van der Waals surface area contributed by atoms with Gasteiger partial charge in [-0.25, -0.2) is 8.42 Å². The molecule has 29 heavy (non-hydrogen) atoms. The number of benzene rings is 2. The molecule has 0 atom stereocenters. The number of sulfonamides is 1. The third-order valence-corrected chi connectivity index (χ3v) is 6.73. The van der Waals surface area contributed by atoms with E-state index in [2.05, 4.69) is 23.5 Å². The van der Waals surface area contributed by atoms with Crippen LogP contribution in [0.5, 0.6) is 0 Å². The van der Waals surface area contributed by atoms with E-state index in [-0.39, 0.29) is 10.8 Å². The second-order valence-corrected chi connectivity index (χ2v) is 9.04. The molecule has 1 aliphatic heterocycles. The number of rotatable bonds is 8. The molecule has 2 aromatic carbocycles. The van der Waals surface area contributed by atoms with E-state index in [0.29, 0.717) is 18.7 Å². The second kappa shape index (κ2) is 8.97. The number of hydrogen-bond donors (Lipinski definition) is 1. The van der Waals surface area contributed by atoms with Gasteiger partial charge in [-0.05, 0) is 67.9 Å². The molecule has 0 radical (unpaired) electrons. The zero-order valence-electron chi connectivity index (χ0n) is 17.3. The van der Waals surface area contributed by atoms with E-state index in [1.807, 2.05) is 19.1 Å². The Morgan fingerprint density at radius 1 is 1.07 bits per heavy atom. The van der Waals surface area contributed by atoms with Crippen LogP contribution in [0.3, 0.4) is 0 Å². The predicted octanol–water partition coefficient (Wildman–Crippen LogP) is 3.76.